The quantitative estimate of drug-likeness (QED) is 0.178. The van der Waals surface area contributed by atoms with Crippen LogP contribution in [-0.4, -0.2) is 12.3 Å². The van der Waals surface area contributed by atoms with Crippen molar-refractivity contribution in [2.45, 2.75) is 57.4 Å². The molecule has 3 nitrogen and oxygen atoms in total. The highest BCUT2D eigenvalue weighted by molar-refractivity contribution is 7.00. The molecule has 44 heavy (non-hydrogen) atoms. The molecule has 3 aliphatic heterocycles. The van der Waals surface area contributed by atoms with Gasteiger partial charge in [0, 0.05) is 44.0 Å². The van der Waals surface area contributed by atoms with Crippen LogP contribution >= 0.6 is 11.6 Å². The van der Waals surface area contributed by atoms with E-state index in [9.17, 15) is 0 Å². The Labute approximate surface area is 263 Å². The van der Waals surface area contributed by atoms with Crippen molar-refractivity contribution in [2.75, 3.05) is 9.80 Å². The van der Waals surface area contributed by atoms with Crippen LogP contribution in [0.25, 0.3) is 21.9 Å². The van der Waals surface area contributed by atoms with E-state index < -0.39 is 0 Å². The molecular formula is C39H32BClN2O. The van der Waals surface area contributed by atoms with Gasteiger partial charge in [-0.2, -0.15) is 0 Å². The molecule has 0 radical (unpaired) electrons. The van der Waals surface area contributed by atoms with Gasteiger partial charge in [0.2, 0.25) is 0 Å². The first-order valence-electron chi connectivity index (χ1n) is 16.0. The third-order valence-electron chi connectivity index (χ3n) is 11.7. The summed E-state index contributed by atoms with van der Waals surface area (Å²) < 4.78 is 6.65. The summed E-state index contributed by atoms with van der Waals surface area (Å²) in [5, 5.41) is 3.01. The maximum Gasteiger partial charge on any atom is 0.252 e. The zero-order chi connectivity index (χ0) is 29.5. The largest absolute Gasteiger partial charge is 0.454 e. The van der Waals surface area contributed by atoms with Crippen LogP contribution in [0.15, 0.2) is 95.4 Å². The van der Waals surface area contributed by atoms with E-state index >= 15 is 0 Å². The van der Waals surface area contributed by atoms with Crippen molar-refractivity contribution in [1.82, 2.24) is 0 Å². The fourth-order valence-corrected chi connectivity index (χ4v) is 9.72. The number of fused-ring (bicyclic) bond motifs is 10. The molecule has 1 saturated carbocycles. The molecule has 4 aliphatic rings. The smallest absolute Gasteiger partial charge is 0.252 e. The molecule has 0 N–H and O–H groups in total. The van der Waals surface area contributed by atoms with Gasteiger partial charge in [-0.15, -0.1) is 0 Å². The van der Waals surface area contributed by atoms with E-state index in [4.69, 9.17) is 16.0 Å². The maximum absolute atomic E-state index is 6.83. The average Bonchev–Trinajstić information content (AvgIpc) is 3.50. The minimum absolute atomic E-state index is 0.0140. The Balaban J connectivity index is 1.33. The maximum atomic E-state index is 6.83. The Morgan fingerprint density at radius 3 is 2.45 bits per heavy atom. The summed E-state index contributed by atoms with van der Waals surface area (Å²) in [6.45, 7) is 7.44. The van der Waals surface area contributed by atoms with Crippen LogP contribution in [0, 0.1) is 6.92 Å². The van der Waals surface area contributed by atoms with Crippen molar-refractivity contribution >= 4 is 85.1 Å². The fourth-order valence-electron chi connectivity index (χ4n) is 9.55. The Morgan fingerprint density at radius 2 is 1.55 bits per heavy atom. The highest BCUT2D eigenvalue weighted by Crippen LogP contribution is 2.61. The van der Waals surface area contributed by atoms with Gasteiger partial charge in [-0.3, -0.25) is 0 Å². The zero-order valence-electron chi connectivity index (χ0n) is 25.2. The third kappa shape index (κ3) is 2.87. The molecule has 2 unspecified atom stereocenters. The Bertz CT molecular complexity index is 2240. The van der Waals surface area contributed by atoms with Gasteiger partial charge in [0.25, 0.3) is 6.71 Å². The molecule has 1 aliphatic carbocycles. The van der Waals surface area contributed by atoms with Crippen molar-refractivity contribution in [3.05, 3.63) is 107 Å². The van der Waals surface area contributed by atoms with E-state index in [2.05, 4.69) is 116 Å². The number of aryl methyl sites for hydroxylation is 1. The third-order valence-corrected chi connectivity index (χ3v) is 11.9. The van der Waals surface area contributed by atoms with E-state index in [1.165, 1.54) is 70.3 Å². The first kappa shape index (κ1) is 25.2. The minimum atomic E-state index is 0.0140. The van der Waals surface area contributed by atoms with Crippen LogP contribution in [0.2, 0.25) is 5.02 Å². The van der Waals surface area contributed by atoms with Gasteiger partial charge in [-0.25, -0.2) is 0 Å². The second-order valence-corrected chi connectivity index (χ2v) is 14.3. The van der Waals surface area contributed by atoms with Crippen LogP contribution < -0.4 is 26.2 Å². The van der Waals surface area contributed by atoms with Gasteiger partial charge in [-0.05, 0) is 90.6 Å². The molecule has 214 valence electrons. The standard InChI is InChI=1S/C39H32BClN2O/c1-23-20-32-35-33(21-23)43-36-27(38(2)18-6-7-19-39(38,43)3)12-9-13-29(36)40(35)28-17-16-24(41)22-31(28)42(32)30-14-8-11-26-25-10-4-5-15-34(25)44-37(26)30/h4-5,8-17,20-22H,6-7,18-19H2,1-3H3. The normalized spacial score (nSPS) is 22.7. The summed E-state index contributed by atoms with van der Waals surface area (Å²) in [5.41, 5.74) is 15.0. The second kappa shape index (κ2) is 8.31. The number of anilines is 5. The number of nitrogens with zero attached hydrogens (tertiary/aromatic N) is 2. The number of benzene rings is 5. The average molecular weight is 591 g/mol. The molecule has 0 saturated heterocycles. The molecule has 6 aromatic rings. The number of hydrogen-bond donors (Lipinski definition) is 0. The lowest BCUT2D eigenvalue weighted by molar-refractivity contribution is 0.195. The van der Waals surface area contributed by atoms with Crippen LogP contribution in [0.4, 0.5) is 28.4 Å². The first-order chi connectivity index (χ1) is 21.4. The van der Waals surface area contributed by atoms with Crippen LogP contribution in [-0.2, 0) is 5.41 Å². The summed E-state index contributed by atoms with van der Waals surface area (Å²) in [4.78, 5) is 5.21. The van der Waals surface area contributed by atoms with E-state index in [1.807, 2.05) is 6.07 Å². The summed E-state index contributed by atoms with van der Waals surface area (Å²) in [7, 11) is 0. The highest BCUT2D eigenvalue weighted by atomic mass is 35.5. The van der Waals surface area contributed by atoms with E-state index in [1.54, 1.807) is 0 Å². The summed E-state index contributed by atoms with van der Waals surface area (Å²) in [6.07, 6.45) is 4.97. The number of rotatable bonds is 1. The molecular weight excluding hydrogens is 559 g/mol. The van der Waals surface area contributed by atoms with Gasteiger partial charge < -0.3 is 14.2 Å². The number of halogens is 1. The Morgan fingerprint density at radius 1 is 0.750 bits per heavy atom. The lowest BCUT2D eigenvalue weighted by Gasteiger charge is -2.52. The minimum Gasteiger partial charge on any atom is -0.454 e. The van der Waals surface area contributed by atoms with Crippen molar-refractivity contribution in [3.8, 4) is 0 Å². The van der Waals surface area contributed by atoms with Crippen molar-refractivity contribution in [2.24, 2.45) is 0 Å². The lowest BCUT2D eigenvalue weighted by Crippen LogP contribution is -2.64. The summed E-state index contributed by atoms with van der Waals surface area (Å²) in [6, 6.07) is 33.3. The number of para-hydroxylation sites is 3. The molecule has 1 fully saturated rings. The van der Waals surface area contributed by atoms with Gasteiger partial charge >= 0.3 is 0 Å². The SMILES string of the molecule is Cc1cc2c3c(c1)N1c4c(cccc4C4(C)CCCCC14C)B3c1ccc(Cl)cc1N2c1cccc2c1oc1ccccc12. The summed E-state index contributed by atoms with van der Waals surface area (Å²) in [5.74, 6) is 0. The van der Waals surface area contributed by atoms with Gasteiger partial charge in [-0.1, -0.05) is 86.0 Å². The van der Waals surface area contributed by atoms with Crippen molar-refractivity contribution < 1.29 is 4.42 Å². The van der Waals surface area contributed by atoms with Crippen LogP contribution in [0.3, 0.4) is 0 Å². The zero-order valence-corrected chi connectivity index (χ0v) is 26.0. The molecule has 0 bridgehead atoms. The van der Waals surface area contributed by atoms with Crippen molar-refractivity contribution in [1.29, 1.82) is 0 Å². The van der Waals surface area contributed by atoms with Gasteiger partial charge in [0.1, 0.15) is 5.58 Å². The van der Waals surface area contributed by atoms with E-state index in [0.29, 0.717) is 0 Å². The molecule has 0 spiro atoms. The topological polar surface area (TPSA) is 19.6 Å². The second-order valence-electron chi connectivity index (χ2n) is 13.8. The molecule has 2 atom stereocenters. The summed E-state index contributed by atoms with van der Waals surface area (Å²) >= 11 is 6.83. The van der Waals surface area contributed by atoms with Crippen molar-refractivity contribution in [3.63, 3.8) is 0 Å². The molecule has 5 aromatic carbocycles. The number of hydrogen-bond acceptors (Lipinski definition) is 3. The Kier molecular flexibility index (Phi) is 4.76. The van der Waals surface area contributed by atoms with Gasteiger partial charge in [0.15, 0.2) is 5.58 Å². The fraction of sp³-hybridized carbons (Fsp3) is 0.231. The lowest BCUT2D eigenvalue weighted by atomic mass is 9.33. The van der Waals surface area contributed by atoms with Crippen LogP contribution in [0.1, 0.15) is 50.7 Å². The van der Waals surface area contributed by atoms with E-state index in [0.717, 1.165) is 38.3 Å². The molecule has 1 aromatic heterocycles. The predicted octanol–water partition coefficient (Wildman–Crippen LogP) is 8.90. The highest BCUT2D eigenvalue weighted by Gasteiger charge is 2.61. The van der Waals surface area contributed by atoms with E-state index in [-0.39, 0.29) is 17.7 Å². The monoisotopic (exact) mass is 590 g/mol. The molecule has 10 rings (SSSR count). The number of furan rings is 1. The molecule has 5 heteroatoms. The molecule has 4 heterocycles. The van der Waals surface area contributed by atoms with Gasteiger partial charge in [0.05, 0.1) is 11.2 Å². The first-order valence-corrected chi connectivity index (χ1v) is 16.3. The Hall–Kier alpha value is -4.15. The predicted molar refractivity (Wildman–Crippen MR) is 186 cm³/mol. The van der Waals surface area contributed by atoms with Crippen LogP contribution in [0.5, 0.6) is 0 Å². The molecule has 0 amide bonds.